The number of benzene rings is 1. The van der Waals surface area contributed by atoms with Crippen LogP contribution in [0.5, 0.6) is 0 Å². The highest BCUT2D eigenvalue weighted by molar-refractivity contribution is 7.80. The molecule has 0 heterocycles. The molecule has 100 valence electrons. The van der Waals surface area contributed by atoms with Gasteiger partial charge in [0, 0.05) is 12.6 Å². The zero-order valence-corrected chi connectivity index (χ0v) is 11.5. The third-order valence-electron chi connectivity index (χ3n) is 3.40. The summed E-state index contributed by atoms with van der Waals surface area (Å²) in [4.78, 5) is 24.2. The first-order valence-electron chi connectivity index (χ1n) is 6.08. The first kappa shape index (κ1) is 12.7. The summed E-state index contributed by atoms with van der Waals surface area (Å²) in [6.45, 7) is 0. The Morgan fingerprint density at radius 2 is 2.10 bits per heavy atom. The quantitative estimate of drug-likeness (QED) is 0.458. The van der Waals surface area contributed by atoms with E-state index in [4.69, 9.17) is 12.2 Å². The van der Waals surface area contributed by atoms with Crippen LogP contribution in [-0.4, -0.2) is 29.4 Å². The molecule has 3 rings (SSSR count). The number of nitrogens with zero attached hydrogens (tertiary/aromatic N) is 1. The van der Waals surface area contributed by atoms with Crippen molar-refractivity contribution in [1.29, 1.82) is 0 Å². The highest BCUT2D eigenvalue weighted by Gasteiger charge is 2.43. The van der Waals surface area contributed by atoms with Crippen LogP contribution < -0.4 is 10.7 Å². The van der Waals surface area contributed by atoms with E-state index in [-0.39, 0.29) is 0 Å². The summed E-state index contributed by atoms with van der Waals surface area (Å²) in [6, 6.07) is 5.35. The largest absolute Gasteiger partial charge is 0.364 e. The molecule has 2 aliphatic carbocycles. The Balaban J connectivity index is 2.07. The monoisotopic (exact) mass is 285 g/mol. The van der Waals surface area contributed by atoms with Crippen molar-refractivity contribution in [3.05, 3.63) is 41.0 Å². The number of hydrogen-bond donors (Lipinski definition) is 2. The van der Waals surface area contributed by atoms with Gasteiger partial charge in [-0.3, -0.25) is 15.0 Å². The summed E-state index contributed by atoms with van der Waals surface area (Å²) in [5.41, 5.74) is 5.27. The van der Waals surface area contributed by atoms with E-state index in [0.29, 0.717) is 16.4 Å². The van der Waals surface area contributed by atoms with Crippen LogP contribution in [-0.2, 0) is 4.79 Å². The van der Waals surface area contributed by atoms with Crippen molar-refractivity contribution in [1.82, 2.24) is 10.7 Å². The van der Waals surface area contributed by atoms with Gasteiger partial charge in [-0.25, -0.2) is 0 Å². The van der Waals surface area contributed by atoms with Gasteiger partial charge in [0.25, 0.3) is 0 Å². The van der Waals surface area contributed by atoms with Gasteiger partial charge >= 0.3 is 0 Å². The Labute approximate surface area is 120 Å². The van der Waals surface area contributed by atoms with Crippen molar-refractivity contribution in [2.24, 2.45) is 5.10 Å². The lowest BCUT2D eigenvalue weighted by Gasteiger charge is -2.17. The molecule has 1 unspecified atom stereocenters. The summed E-state index contributed by atoms with van der Waals surface area (Å²) in [5, 5.41) is 7.20. The Kier molecular flexibility index (Phi) is 2.94. The van der Waals surface area contributed by atoms with Gasteiger partial charge in [-0.15, -0.1) is 0 Å². The van der Waals surface area contributed by atoms with Crippen LogP contribution in [0.1, 0.15) is 27.4 Å². The highest BCUT2D eigenvalue weighted by atomic mass is 32.1. The van der Waals surface area contributed by atoms with Crippen LogP contribution >= 0.6 is 12.2 Å². The molecule has 6 heteroatoms. The van der Waals surface area contributed by atoms with Crippen LogP contribution in [0.2, 0.25) is 0 Å². The van der Waals surface area contributed by atoms with E-state index < -0.39 is 17.5 Å². The predicted molar refractivity (Wildman–Crippen MR) is 79.8 cm³/mol. The highest BCUT2D eigenvalue weighted by Crippen LogP contribution is 2.37. The number of ketones is 2. The predicted octanol–water partition coefficient (Wildman–Crippen LogP) is 1.01. The maximum Gasteiger partial charge on any atom is 0.229 e. The topological polar surface area (TPSA) is 70.6 Å². The normalized spacial score (nSPS) is 21.1. The molecule has 0 saturated carbocycles. The van der Waals surface area contributed by atoms with E-state index in [0.717, 1.165) is 11.1 Å². The molecule has 20 heavy (non-hydrogen) atoms. The molecular weight excluding hydrogens is 274 g/mol. The molecule has 0 saturated heterocycles. The number of hydrazone groups is 1. The van der Waals surface area contributed by atoms with Crippen molar-refractivity contribution >= 4 is 40.7 Å². The number of rotatable bonds is 1. The Morgan fingerprint density at radius 3 is 2.85 bits per heavy atom. The lowest BCUT2D eigenvalue weighted by Crippen LogP contribution is -2.31. The van der Waals surface area contributed by atoms with E-state index in [2.05, 4.69) is 15.8 Å². The van der Waals surface area contributed by atoms with Gasteiger partial charge in [0.05, 0.1) is 11.6 Å². The van der Waals surface area contributed by atoms with Gasteiger partial charge in [0.1, 0.15) is 0 Å². The second kappa shape index (κ2) is 4.64. The molecule has 0 aliphatic heterocycles. The fourth-order valence-electron chi connectivity index (χ4n) is 2.47. The standard InChI is InChI=1S/C14H11N3O2S/c1-15-14(20)17-16-9-6-5-7-3-2-4-8-10(7)11(9)13(19)12(8)18/h2-6,11H,1H3,(H2,15,17,20). The average molecular weight is 285 g/mol. The number of carbonyl (C=O) groups is 2. The molecule has 1 aromatic carbocycles. The lowest BCUT2D eigenvalue weighted by molar-refractivity contribution is -0.114. The number of Topliss-reactive ketones (excluding diaryl/α,β-unsaturated/α-hetero) is 2. The Bertz CT molecular complexity index is 706. The molecule has 0 aromatic heterocycles. The minimum atomic E-state index is -0.620. The van der Waals surface area contributed by atoms with Crippen LogP contribution in [0.3, 0.4) is 0 Å². The molecular formula is C14H11N3O2S. The van der Waals surface area contributed by atoms with Gasteiger partial charge in [0.15, 0.2) is 5.11 Å². The van der Waals surface area contributed by atoms with Gasteiger partial charge in [-0.05, 0) is 29.4 Å². The van der Waals surface area contributed by atoms with Gasteiger partial charge in [-0.2, -0.15) is 5.10 Å². The van der Waals surface area contributed by atoms with E-state index in [1.807, 2.05) is 12.1 Å². The maximum atomic E-state index is 12.2. The van der Waals surface area contributed by atoms with Crippen molar-refractivity contribution in [3.63, 3.8) is 0 Å². The molecule has 0 radical (unpaired) electrons. The Morgan fingerprint density at radius 1 is 1.30 bits per heavy atom. The third-order valence-corrected chi connectivity index (χ3v) is 3.70. The van der Waals surface area contributed by atoms with Gasteiger partial charge < -0.3 is 5.32 Å². The fraction of sp³-hybridized carbons (Fsp3) is 0.143. The average Bonchev–Trinajstić information content (AvgIpc) is 2.73. The summed E-state index contributed by atoms with van der Waals surface area (Å²) in [6.07, 6.45) is 3.59. The van der Waals surface area contributed by atoms with Crippen molar-refractivity contribution in [2.75, 3.05) is 7.05 Å². The number of carbonyl (C=O) groups excluding carboxylic acids is 2. The van der Waals surface area contributed by atoms with Crippen molar-refractivity contribution in [2.45, 2.75) is 5.92 Å². The van der Waals surface area contributed by atoms with Crippen molar-refractivity contribution in [3.8, 4) is 0 Å². The molecule has 1 aromatic rings. The SMILES string of the molecule is CNC(=S)NN=C1C=Cc2cccc3c2C1C(=O)C3=O. The van der Waals surface area contributed by atoms with Gasteiger partial charge in [-0.1, -0.05) is 24.3 Å². The fourth-order valence-corrected chi connectivity index (χ4v) is 2.52. The third kappa shape index (κ3) is 1.77. The number of allylic oxidation sites excluding steroid dienone is 1. The molecule has 0 amide bonds. The summed E-state index contributed by atoms with van der Waals surface area (Å²) >= 11 is 4.94. The molecule has 0 fully saturated rings. The minimum Gasteiger partial charge on any atom is -0.364 e. The molecule has 2 N–H and O–H groups in total. The number of nitrogens with one attached hydrogen (secondary N) is 2. The number of thiocarbonyl (C=S) groups is 1. The van der Waals surface area contributed by atoms with E-state index >= 15 is 0 Å². The summed E-state index contributed by atoms with van der Waals surface area (Å²) in [7, 11) is 1.67. The summed E-state index contributed by atoms with van der Waals surface area (Å²) < 4.78 is 0. The zero-order valence-electron chi connectivity index (χ0n) is 10.6. The second-order valence-corrected chi connectivity index (χ2v) is 4.90. The van der Waals surface area contributed by atoms with Crippen LogP contribution in [0.4, 0.5) is 0 Å². The molecule has 0 spiro atoms. The summed E-state index contributed by atoms with van der Waals surface area (Å²) in [5.74, 6) is -1.50. The van der Waals surface area contributed by atoms with Crippen molar-refractivity contribution < 1.29 is 9.59 Å². The van der Waals surface area contributed by atoms with Crippen LogP contribution in [0, 0.1) is 0 Å². The molecule has 5 nitrogen and oxygen atoms in total. The molecule has 1 atom stereocenters. The van der Waals surface area contributed by atoms with E-state index in [9.17, 15) is 9.59 Å². The van der Waals surface area contributed by atoms with Crippen LogP contribution in [0.25, 0.3) is 6.08 Å². The maximum absolute atomic E-state index is 12.2. The van der Waals surface area contributed by atoms with Gasteiger partial charge in [0.2, 0.25) is 11.6 Å². The number of hydrogen-bond acceptors (Lipinski definition) is 4. The van der Waals surface area contributed by atoms with Crippen LogP contribution in [0.15, 0.2) is 29.4 Å². The lowest BCUT2D eigenvalue weighted by atomic mass is 9.87. The second-order valence-electron chi connectivity index (χ2n) is 4.50. The first-order chi connectivity index (χ1) is 9.63. The van der Waals surface area contributed by atoms with E-state index in [1.165, 1.54) is 0 Å². The zero-order chi connectivity index (χ0) is 14.3. The molecule has 2 aliphatic rings. The van der Waals surface area contributed by atoms with E-state index in [1.54, 1.807) is 25.3 Å². The molecule has 0 bridgehead atoms. The Hall–Kier alpha value is -2.34. The smallest absolute Gasteiger partial charge is 0.229 e. The first-order valence-corrected chi connectivity index (χ1v) is 6.49. The minimum absolute atomic E-state index is 0.349.